The minimum Gasteiger partial charge on any atom is -0.504 e. The van der Waals surface area contributed by atoms with Gasteiger partial charge in [-0.15, -0.1) is 0 Å². The van der Waals surface area contributed by atoms with Crippen LogP contribution < -0.4 is 0 Å². The third kappa shape index (κ3) is 2.90. The Hall–Kier alpha value is -3.09. The molecule has 0 unspecified atom stereocenters. The number of benzene rings is 1. The summed E-state index contributed by atoms with van der Waals surface area (Å²) >= 11 is 0. The summed E-state index contributed by atoms with van der Waals surface area (Å²) in [5.74, 6) is -2.45. The molecule has 2 bridgehead atoms. The molecule has 2 N–H and O–H groups in total. The van der Waals surface area contributed by atoms with Crippen LogP contribution in [0.5, 0.6) is 11.5 Å². The molecular weight excluding hydrogens is 412 g/mol. The van der Waals surface area contributed by atoms with Gasteiger partial charge in [-0.3, -0.25) is 9.59 Å². The van der Waals surface area contributed by atoms with Crippen LogP contribution in [0.15, 0.2) is 41.4 Å². The number of esters is 1. The van der Waals surface area contributed by atoms with Crippen molar-refractivity contribution in [3.05, 3.63) is 46.9 Å². The van der Waals surface area contributed by atoms with Gasteiger partial charge >= 0.3 is 5.97 Å². The van der Waals surface area contributed by atoms with Gasteiger partial charge in [0, 0.05) is 6.42 Å². The molecule has 170 valence electrons. The van der Waals surface area contributed by atoms with E-state index in [9.17, 15) is 24.6 Å². The average molecular weight is 440 g/mol. The number of ether oxygens (including phenoxy) is 2. The summed E-state index contributed by atoms with van der Waals surface area (Å²) in [6.07, 6.45) is 3.77. The summed E-state index contributed by atoms with van der Waals surface area (Å²) in [6.45, 7) is 7.95. The molecule has 1 spiro atoms. The number of phenolic OH excluding ortho intramolecular Hbond substituents is 2. The van der Waals surface area contributed by atoms with Gasteiger partial charge in [0.1, 0.15) is 5.41 Å². The van der Waals surface area contributed by atoms with Crippen LogP contribution in [0.4, 0.5) is 0 Å². The molecule has 7 heteroatoms. The molecular formula is C25H28O7. The van der Waals surface area contributed by atoms with E-state index in [-0.39, 0.29) is 41.6 Å². The van der Waals surface area contributed by atoms with Crippen molar-refractivity contribution in [1.82, 2.24) is 0 Å². The van der Waals surface area contributed by atoms with Crippen molar-refractivity contribution in [3.63, 3.8) is 0 Å². The van der Waals surface area contributed by atoms with Crippen LogP contribution in [0.1, 0.15) is 63.7 Å². The highest BCUT2D eigenvalue weighted by Gasteiger charge is 2.71. The molecule has 4 rings (SSSR count). The summed E-state index contributed by atoms with van der Waals surface area (Å²) in [4.78, 5) is 40.8. The zero-order chi connectivity index (χ0) is 23.5. The van der Waals surface area contributed by atoms with Gasteiger partial charge < -0.3 is 19.7 Å². The quantitative estimate of drug-likeness (QED) is 0.313. The number of rotatable bonds is 4. The van der Waals surface area contributed by atoms with Crippen LogP contribution in [-0.2, 0) is 19.1 Å². The Morgan fingerprint density at radius 2 is 1.84 bits per heavy atom. The summed E-state index contributed by atoms with van der Waals surface area (Å²) < 4.78 is 11.4. The molecule has 2 atom stereocenters. The lowest BCUT2D eigenvalue weighted by Gasteiger charge is -2.55. The van der Waals surface area contributed by atoms with E-state index in [0.29, 0.717) is 19.3 Å². The van der Waals surface area contributed by atoms with Gasteiger partial charge in [-0.2, -0.15) is 0 Å². The summed E-state index contributed by atoms with van der Waals surface area (Å²) in [6, 6.07) is 3.52. The number of fused-ring (bicyclic) bond motifs is 1. The highest BCUT2D eigenvalue weighted by Crippen LogP contribution is 2.65. The minimum absolute atomic E-state index is 0.0343. The van der Waals surface area contributed by atoms with Crippen molar-refractivity contribution < 1.29 is 34.1 Å². The number of aromatic hydroxyl groups is 2. The largest absolute Gasteiger partial charge is 0.504 e. The monoisotopic (exact) mass is 440 g/mol. The van der Waals surface area contributed by atoms with Gasteiger partial charge in [0.15, 0.2) is 23.0 Å². The Morgan fingerprint density at radius 3 is 2.50 bits per heavy atom. The molecule has 2 aliphatic carbocycles. The molecule has 3 aliphatic rings. The average Bonchev–Trinajstić information content (AvgIpc) is 3.15. The van der Waals surface area contributed by atoms with Crippen molar-refractivity contribution in [3.8, 4) is 11.5 Å². The molecule has 0 aromatic heterocycles. The van der Waals surface area contributed by atoms with Crippen LogP contribution >= 0.6 is 0 Å². The van der Waals surface area contributed by atoms with Crippen molar-refractivity contribution in [2.75, 3.05) is 6.61 Å². The lowest BCUT2D eigenvalue weighted by molar-refractivity contribution is -0.165. The maximum atomic E-state index is 14.0. The Kier molecular flexibility index (Phi) is 4.99. The van der Waals surface area contributed by atoms with E-state index < -0.39 is 33.7 Å². The van der Waals surface area contributed by atoms with Gasteiger partial charge in [-0.1, -0.05) is 25.5 Å². The number of hydrogen-bond donors (Lipinski definition) is 2. The second kappa shape index (κ2) is 7.22. The maximum Gasteiger partial charge on any atom is 0.343 e. The van der Waals surface area contributed by atoms with E-state index in [1.165, 1.54) is 6.07 Å². The first-order valence-electron chi connectivity index (χ1n) is 10.8. The van der Waals surface area contributed by atoms with E-state index in [1.807, 2.05) is 33.8 Å². The van der Waals surface area contributed by atoms with Gasteiger partial charge in [-0.05, 0) is 56.7 Å². The molecule has 0 radical (unpaired) electrons. The lowest BCUT2D eigenvalue weighted by Crippen LogP contribution is -2.63. The van der Waals surface area contributed by atoms with Crippen molar-refractivity contribution >= 4 is 17.5 Å². The molecule has 2 fully saturated rings. The minimum atomic E-state index is -1.35. The Bertz CT molecular complexity index is 1090. The first-order valence-corrected chi connectivity index (χ1v) is 10.8. The highest BCUT2D eigenvalue weighted by atomic mass is 16.6. The highest BCUT2D eigenvalue weighted by molar-refractivity contribution is 6.21. The molecule has 7 nitrogen and oxygen atoms in total. The predicted molar refractivity (Wildman–Crippen MR) is 115 cm³/mol. The van der Waals surface area contributed by atoms with Crippen LogP contribution in [0.25, 0.3) is 0 Å². The molecule has 0 amide bonds. The third-order valence-corrected chi connectivity index (χ3v) is 7.39. The van der Waals surface area contributed by atoms with Crippen LogP contribution in [0.3, 0.4) is 0 Å². The standard InChI is InChI=1S/C25H28O7/c1-14(2)7-8-25-19(28)18(32-21(29)15-5-6-16(26)17(27)13-15)20-24(22(25)30,11-12-31-20)10-9-23(25,3)4/h5-7,13,26-27H,8-12H2,1-4H3/t24-,25-/m1/s1. The molecule has 1 saturated heterocycles. The molecule has 1 heterocycles. The fraction of sp³-hybridized carbons (Fsp3) is 0.480. The van der Waals surface area contributed by atoms with Crippen molar-refractivity contribution in [1.29, 1.82) is 0 Å². The van der Waals surface area contributed by atoms with Crippen LogP contribution in [-0.4, -0.2) is 34.4 Å². The molecule has 32 heavy (non-hydrogen) atoms. The smallest absolute Gasteiger partial charge is 0.343 e. The van der Waals surface area contributed by atoms with E-state index in [0.717, 1.165) is 17.7 Å². The summed E-state index contributed by atoms with van der Waals surface area (Å²) in [5.41, 5.74) is -2.00. The zero-order valence-electron chi connectivity index (χ0n) is 18.8. The first kappa shape index (κ1) is 22.1. The summed E-state index contributed by atoms with van der Waals surface area (Å²) in [7, 11) is 0. The molecule has 1 aromatic carbocycles. The van der Waals surface area contributed by atoms with Gasteiger partial charge in [0.05, 0.1) is 17.6 Å². The number of phenols is 2. The van der Waals surface area contributed by atoms with Crippen LogP contribution in [0.2, 0.25) is 0 Å². The van der Waals surface area contributed by atoms with E-state index in [4.69, 9.17) is 9.47 Å². The fourth-order valence-corrected chi connectivity index (χ4v) is 5.31. The maximum absolute atomic E-state index is 14.0. The van der Waals surface area contributed by atoms with Gasteiger partial charge in [0.25, 0.3) is 0 Å². The van der Waals surface area contributed by atoms with E-state index in [2.05, 4.69) is 0 Å². The first-order chi connectivity index (χ1) is 15.0. The lowest BCUT2D eigenvalue weighted by atomic mass is 9.44. The molecule has 1 aromatic rings. The zero-order valence-corrected chi connectivity index (χ0v) is 18.8. The molecule has 1 aliphatic heterocycles. The van der Waals surface area contributed by atoms with Crippen LogP contribution in [0, 0.1) is 16.2 Å². The van der Waals surface area contributed by atoms with Crippen molar-refractivity contribution in [2.24, 2.45) is 16.2 Å². The number of hydrogen-bond acceptors (Lipinski definition) is 7. The predicted octanol–water partition coefficient (Wildman–Crippen LogP) is 4.19. The Balaban J connectivity index is 1.85. The normalized spacial score (nSPS) is 28.1. The second-order valence-corrected chi connectivity index (χ2v) is 9.86. The van der Waals surface area contributed by atoms with E-state index >= 15 is 0 Å². The number of carbonyl (C=O) groups excluding carboxylic acids is 3. The van der Waals surface area contributed by atoms with Gasteiger partial charge in [-0.25, -0.2) is 4.79 Å². The number of allylic oxidation sites excluding steroid dienone is 4. The Morgan fingerprint density at radius 1 is 1.12 bits per heavy atom. The topological polar surface area (TPSA) is 110 Å². The Labute approximate surface area is 186 Å². The molecule has 1 saturated carbocycles. The van der Waals surface area contributed by atoms with Crippen molar-refractivity contribution in [2.45, 2.75) is 53.4 Å². The third-order valence-electron chi connectivity index (χ3n) is 7.39. The number of ketones is 2. The summed E-state index contributed by atoms with van der Waals surface area (Å²) in [5, 5.41) is 19.3. The van der Waals surface area contributed by atoms with Gasteiger partial charge in [0.2, 0.25) is 11.5 Å². The second-order valence-electron chi connectivity index (χ2n) is 9.86. The SMILES string of the molecule is CC(C)=CC[C@]12C(=O)C(OC(=O)c3ccc(O)c(O)c3)=C3OCC[C@@]3(CCC1(C)C)C2=O. The fourth-order valence-electron chi connectivity index (χ4n) is 5.31. The number of Topliss-reactive ketones (excluding diaryl/α,β-unsaturated/α-hetero) is 2. The van der Waals surface area contributed by atoms with E-state index in [1.54, 1.807) is 0 Å². The number of carbonyl (C=O) groups is 3.